The third kappa shape index (κ3) is 8.39. The number of alkyl halides is 3. The molecule has 1 aliphatic rings. The van der Waals surface area contributed by atoms with Gasteiger partial charge < -0.3 is 5.32 Å². The lowest BCUT2D eigenvalue weighted by Crippen LogP contribution is -2.34. The highest BCUT2D eigenvalue weighted by atomic mass is 32.2. The molecule has 0 atom stereocenters. The van der Waals surface area contributed by atoms with Crippen LogP contribution >= 0.6 is 0 Å². The summed E-state index contributed by atoms with van der Waals surface area (Å²) in [6.07, 6.45) is -3.52. The second-order valence-corrected chi connectivity index (χ2v) is 6.09. The SMILES string of the molecule is O=S(=O)(CCCC(F)(F)F)NCCNC1CC1. The first kappa shape index (κ1) is 14.7. The Balaban J connectivity index is 2.07. The van der Waals surface area contributed by atoms with Crippen molar-refractivity contribution in [2.75, 3.05) is 18.8 Å². The highest BCUT2D eigenvalue weighted by molar-refractivity contribution is 7.89. The predicted octanol–water partition coefficient (Wildman–Crippen LogP) is 1.00. The maximum absolute atomic E-state index is 11.8. The molecule has 8 heteroatoms. The van der Waals surface area contributed by atoms with Crippen molar-refractivity contribution in [2.24, 2.45) is 0 Å². The standard InChI is InChI=1S/C9H17F3N2O2S/c10-9(11,12)4-1-7-17(15,16)14-6-5-13-8-2-3-8/h8,13-14H,1-7H2. The van der Waals surface area contributed by atoms with Gasteiger partial charge in [0, 0.05) is 25.6 Å². The van der Waals surface area contributed by atoms with Gasteiger partial charge in [0.2, 0.25) is 10.0 Å². The highest BCUT2D eigenvalue weighted by Gasteiger charge is 2.27. The predicted molar refractivity (Wildman–Crippen MR) is 58.1 cm³/mol. The molecule has 0 radical (unpaired) electrons. The van der Waals surface area contributed by atoms with Crippen LogP contribution in [-0.2, 0) is 10.0 Å². The first-order valence-corrected chi connectivity index (χ1v) is 7.21. The zero-order valence-electron chi connectivity index (χ0n) is 9.39. The first-order chi connectivity index (χ1) is 7.79. The maximum atomic E-state index is 11.8. The number of halogens is 3. The fourth-order valence-electron chi connectivity index (χ4n) is 1.31. The lowest BCUT2D eigenvalue weighted by molar-refractivity contribution is -0.134. The molecule has 17 heavy (non-hydrogen) atoms. The molecule has 0 unspecified atom stereocenters. The van der Waals surface area contributed by atoms with Gasteiger partial charge in [-0.1, -0.05) is 0 Å². The van der Waals surface area contributed by atoms with Crippen molar-refractivity contribution < 1.29 is 21.6 Å². The first-order valence-electron chi connectivity index (χ1n) is 5.56. The van der Waals surface area contributed by atoms with Gasteiger partial charge in [0.15, 0.2) is 0 Å². The highest BCUT2D eigenvalue weighted by Crippen LogP contribution is 2.21. The van der Waals surface area contributed by atoms with E-state index >= 15 is 0 Å². The Kier molecular flexibility index (Phi) is 5.21. The third-order valence-electron chi connectivity index (χ3n) is 2.33. The van der Waals surface area contributed by atoms with E-state index in [4.69, 9.17) is 0 Å². The van der Waals surface area contributed by atoms with Crippen LogP contribution in [0.3, 0.4) is 0 Å². The summed E-state index contributed by atoms with van der Waals surface area (Å²) in [7, 11) is -3.57. The monoisotopic (exact) mass is 274 g/mol. The summed E-state index contributed by atoms with van der Waals surface area (Å²) in [5, 5.41) is 3.10. The number of hydrogen-bond acceptors (Lipinski definition) is 3. The quantitative estimate of drug-likeness (QED) is 0.649. The van der Waals surface area contributed by atoms with E-state index in [0.29, 0.717) is 12.6 Å². The minimum Gasteiger partial charge on any atom is -0.313 e. The van der Waals surface area contributed by atoms with Crippen molar-refractivity contribution >= 4 is 10.0 Å². The van der Waals surface area contributed by atoms with Crippen LogP contribution in [0.1, 0.15) is 25.7 Å². The van der Waals surface area contributed by atoms with Gasteiger partial charge in [-0.25, -0.2) is 13.1 Å². The molecule has 0 aliphatic heterocycles. The average Bonchev–Trinajstić information content (AvgIpc) is 2.93. The number of hydrogen-bond donors (Lipinski definition) is 2. The van der Waals surface area contributed by atoms with Gasteiger partial charge in [-0.2, -0.15) is 13.2 Å². The minimum atomic E-state index is -4.29. The van der Waals surface area contributed by atoms with Crippen LogP contribution in [-0.4, -0.2) is 39.5 Å². The lowest BCUT2D eigenvalue weighted by Gasteiger charge is -2.08. The van der Waals surface area contributed by atoms with Gasteiger partial charge in [-0.05, 0) is 19.3 Å². The van der Waals surface area contributed by atoms with Crippen molar-refractivity contribution in [1.82, 2.24) is 10.0 Å². The summed E-state index contributed by atoms with van der Waals surface area (Å²) in [4.78, 5) is 0. The van der Waals surface area contributed by atoms with Crippen molar-refractivity contribution in [3.05, 3.63) is 0 Å². The van der Waals surface area contributed by atoms with Crippen LogP contribution in [0.5, 0.6) is 0 Å². The second kappa shape index (κ2) is 6.01. The van der Waals surface area contributed by atoms with Gasteiger partial charge in [0.1, 0.15) is 0 Å². The molecule has 2 N–H and O–H groups in total. The van der Waals surface area contributed by atoms with Gasteiger partial charge in [0.05, 0.1) is 5.75 Å². The van der Waals surface area contributed by atoms with Crippen molar-refractivity contribution in [2.45, 2.75) is 37.9 Å². The Hall–Kier alpha value is -0.340. The summed E-state index contributed by atoms with van der Waals surface area (Å²) >= 11 is 0. The van der Waals surface area contributed by atoms with E-state index in [1.165, 1.54) is 0 Å². The molecule has 0 heterocycles. The molecule has 0 spiro atoms. The molecule has 0 aromatic rings. The molecular weight excluding hydrogens is 257 g/mol. The van der Waals surface area contributed by atoms with Crippen LogP contribution in [0.25, 0.3) is 0 Å². The van der Waals surface area contributed by atoms with E-state index < -0.39 is 34.8 Å². The van der Waals surface area contributed by atoms with E-state index in [0.717, 1.165) is 12.8 Å². The molecule has 0 aromatic heterocycles. The molecule has 1 saturated carbocycles. The zero-order chi connectivity index (χ0) is 12.9. The summed E-state index contributed by atoms with van der Waals surface area (Å²) in [5.41, 5.74) is 0. The second-order valence-electron chi connectivity index (χ2n) is 4.16. The fraction of sp³-hybridized carbons (Fsp3) is 1.00. The lowest BCUT2D eigenvalue weighted by atomic mass is 10.3. The summed E-state index contributed by atoms with van der Waals surface area (Å²) in [5.74, 6) is -0.476. The van der Waals surface area contributed by atoms with Crippen LogP contribution in [0, 0.1) is 0 Å². The Morgan fingerprint density at radius 1 is 1.18 bits per heavy atom. The number of sulfonamides is 1. The minimum absolute atomic E-state index is 0.227. The van der Waals surface area contributed by atoms with Gasteiger partial charge in [0.25, 0.3) is 0 Å². The summed E-state index contributed by atoms with van der Waals surface area (Å²) in [6.45, 7) is 0.744. The van der Waals surface area contributed by atoms with Crippen LogP contribution in [0.15, 0.2) is 0 Å². The Labute approximate surface area is 99.0 Å². The number of nitrogens with one attached hydrogen (secondary N) is 2. The van der Waals surface area contributed by atoms with E-state index in [9.17, 15) is 21.6 Å². The number of rotatable bonds is 8. The Morgan fingerprint density at radius 2 is 1.82 bits per heavy atom. The van der Waals surface area contributed by atoms with E-state index in [-0.39, 0.29) is 6.54 Å². The van der Waals surface area contributed by atoms with Gasteiger partial charge in [-0.3, -0.25) is 0 Å². The van der Waals surface area contributed by atoms with Crippen LogP contribution < -0.4 is 10.0 Å². The van der Waals surface area contributed by atoms with Crippen LogP contribution in [0.2, 0.25) is 0 Å². The molecule has 1 aliphatic carbocycles. The summed E-state index contributed by atoms with van der Waals surface area (Å²) in [6, 6.07) is 0.490. The van der Waals surface area contributed by atoms with Crippen LogP contribution in [0.4, 0.5) is 13.2 Å². The van der Waals surface area contributed by atoms with E-state index in [1.54, 1.807) is 0 Å². The van der Waals surface area contributed by atoms with Crippen molar-refractivity contribution in [3.8, 4) is 0 Å². The van der Waals surface area contributed by atoms with E-state index in [2.05, 4.69) is 10.0 Å². The molecule has 0 saturated heterocycles. The van der Waals surface area contributed by atoms with Crippen molar-refractivity contribution in [1.29, 1.82) is 0 Å². The Bertz CT molecular complexity index is 326. The van der Waals surface area contributed by atoms with Gasteiger partial charge in [-0.15, -0.1) is 0 Å². The largest absolute Gasteiger partial charge is 0.389 e. The smallest absolute Gasteiger partial charge is 0.313 e. The Morgan fingerprint density at radius 3 is 2.35 bits per heavy atom. The van der Waals surface area contributed by atoms with E-state index in [1.807, 2.05) is 0 Å². The summed E-state index contributed by atoms with van der Waals surface area (Å²) < 4.78 is 60.2. The molecule has 1 fully saturated rings. The third-order valence-corrected chi connectivity index (χ3v) is 3.80. The fourth-order valence-corrected chi connectivity index (χ4v) is 2.39. The molecule has 0 bridgehead atoms. The normalized spacial score (nSPS) is 17.4. The average molecular weight is 274 g/mol. The molecule has 0 aromatic carbocycles. The topological polar surface area (TPSA) is 58.2 Å². The molecular formula is C9H17F3N2O2S. The molecule has 102 valence electrons. The molecule has 0 amide bonds. The molecule has 4 nitrogen and oxygen atoms in total. The zero-order valence-corrected chi connectivity index (χ0v) is 10.2. The van der Waals surface area contributed by atoms with Gasteiger partial charge >= 0.3 is 6.18 Å². The molecule has 1 rings (SSSR count). The van der Waals surface area contributed by atoms with Crippen molar-refractivity contribution in [3.63, 3.8) is 0 Å². The maximum Gasteiger partial charge on any atom is 0.389 e.